The van der Waals surface area contributed by atoms with Crippen LogP contribution in [0.15, 0.2) is 60.8 Å². The lowest BCUT2D eigenvalue weighted by molar-refractivity contribution is -0.142. The van der Waals surface area contributed by atoms with Gasteiger partial charge in [0.2, 0.25) is 23.6 Å². The molecule has 4 unspecified atom stereocenters. The number of carboxylic acids is 1. The molecular formula is C30H36N6O6. The number of hydrogen-bond acceptors (Lipinski definition) is 6. The van der Waals surface area contributed by atoms with Gasteiger partial charge in [-0.1, -0.05) is 48.5 Å². The Morgan fingerprint density at radius 3 is 2.26 bits per heavy atom. The van der Waals surface area contributed by atoms with Gasteiger partial charge >= 0.3 is 5.97 Å². The number of aromatic amines is 1. The number of benzene rings is 2. The molecule has 3 aromatic rings. The molecule has 1 aromatic heterocycles. The number of para-hydroxylation sites is 1. The Balaban J connectivity index is 1.52. The number of aromatic nitrogens is 1. The summed E-state index contributed by atoms with van der Waals surface area (Å²) in [5.41, 5.74) is 7.59. The van der Waals surface area contributed by atoms with Crippen molar-refractivity contribution in [2.75, 3.05) is 6.54 Å². The van der Waals surface area contributed by atoms with Crippen molar-refractivity contribution in [1.29, 1.82) is 0 Å². The zero-order valence-electron chi connectivity index (χ0n) is 23.1. The molecule has 1 fully saturated rings. The number of carbonyl (C=O) groups excluding carboxylic acids is 4. The third-order valence-electron chi connectivity index (χ3n) is 7.32. The van der Waals surface area contributed by atoms with Crippen molar-refractivity contribution < 1.29 is 29.1 Å². The highest BCUT2D eigenvalue weighted by Crippen LogP contribution is 2.19. The number of nitrogens with two attached hydrogens (primary N) is 1. The number of amides is 4. The Hall–Kier alpha value is -4.71. The summed E-state index contributed by atoms with van der Waals surface area (Å²) >= 11 is 0. The number of carbonyl (C=O) groups is 5. The molecule has 2 aromatic carbocycles. The SMILES string of the molecule is NC(=O)CCC(NC(=O)C1CCCN1)C(=O)NC(Cc1ccccc1)C(=O)NC(Cc1c[nH]c2ccccc12)C(=O)O. The molecule has 0 saturated carbocycles. The maximum absolute atomic E-state index is 13.5. The first-order chi connectivity index (χ1) is 20.2. The van der Waals surface area contributed by atoms with Crippen LogP contribution in [-0.4, -0.2) is 70.4 Å². The van der Waals surface area contributed by atoms with Crippen LogP contribution in [0.3, 0.4) is 0 Å². The first kappa shape index (κ1) is 30.3. The third kappa shape index (κ3) is 8.16. The molecule has 222 valence electrons. The van der Waals surface area contributed by atoms with E-state index in [1.54, 1.807) is 30.5 Å². The highest BCUT2D eigenvalue weighted by Gasteiger charge is 2.32. The van der Waals surface area contributed by atoms with Crippen LogP contribution in [0.5, 0.6) is 0 Å². The van der Waals surface area contributed by atoms with E-state index in [0.29, 0.717) is 13.0 Å². The average molecular weight is 577 g/mol. The van der Waals surface area contributed by atoms with Crippen molar-refractivity contribution in [3.8, 4) is 0 Å². The summed E-state index contributed by atoms with van der Waals surface area (Å²) in [6, 6.07) is 12.4. The molecule has 1 aliphatic rings. The Morgan fingerprint density at radius 1 is 0.881 bits per heavy atom. The first-order valence-corrected chi connectivity index (χ1v) is 14.0. The fourth-order valence-corrected chi connectivity index (χ4v) is 5.06. The monoisotopic (exact) mass is 576 g/mol. The molecule has 4 amide bonds. The number of nitrogens with one attached hydrogen (secondary N) is 5. The molecule has 2 heterocycles. The summed E-state index contributed by atoms with van der Waals surface area (Å²) in [6.07, 6.45) is 3.01. The molecule has 12 nitrogen and oxygen atoms in total. The van der Waals surface area contributed by atoms with Crippen molar-refractivity contribution in [3.05, 3.63) is 71.9 Å². The summed E-state index contributed by atoms with van der Waals surface area (Å²) in [5, 5.41) is 21.8. The largest absolute Gasteiger partial charge is 0.480 e. The lowest BCUT2D eigenvalue weighted by Crippen LogP contribution is -2.57. The smallest absolute Gasteiger partial charge is 0.326 e. The van der Waals surface area contributed by atoms with E-state index in [1.165, 1.54) is 0 Å². The number of hydrogen-bond donors (Lipinski definition) is 7. The van der Waals surface area contributed by atoms with Crippen LogP contribution in [0.25, 0.3) is 10.9 Å². The second-order valence-corrected chi connectivity index (χ2v) is 10.4. The Kier molecular flexibility index (Phi) is 10.3. The normalized spacial score (nSPS) is 16.7. The van der Waals surface area contributed by atoms with Gasteiger partial charge in [0.1, 0.15) is 18.1 Å². The van der Waals surface area contributed by atoms with E-state index in [9.17, 15) is 29.1 Å². The molecule has 0 aliphatic carbocycles. The van der Waals surface area contributed by atoms with Crippen molar-refractivity contribution in [2.24, 2.45) is 5.73 Å². The van der Waals surface area contributed by atoms with Gasteiger partial charge in [0.15, 0.2) is 0 Å². The van der Waals surface area contributed by atoms with E-state index >= 15 is 0 Å². The summed E-state index contributed by atoms with van der Waals surface area (Å²) in [7, 11) is 0. The Bertz CT molecular complexity index is 1420. The van der Waals surface area contributed by atoms with Crippen LogP contribution in [0.4, 0.5) is 0 Å². The molecule has 1 aliphatic heterocycles. The van der Waals surface area contributed by atoms with Gasteiger partial charge in [-0.25, -0.2) is 4.79 Å². The molecule has 0 spiro atoms. The van der Waals surface area contributed by atoms with E-state index in [-0.39, 0.29) is 31.6 Å². The van der Waals surface area contributed by atoms with Gasteiger partial charge in [0, 0.05) is 36.4 Å². The average Bonchev–Trinajstić information content (AvgIpc) is 3.66. The minimum absolute atomic E-state index is 0.0166. The van der Waals surface area contributed by atoms with Crippen LogP contribution in [0.2, 0.25) is 0 Å². The zero-order chi connectivity index (χ0) is 30.1. The first-order valence-electron chi connectivity index (χ1n) is 14.0. The summed E-state index contributed by atoms with van der Waals surface area (Å²) in [5.74, 6) is -3.62. The summed E-state index contributed by atoms with van der Waals surface area (Å²) < 4.78 is 0. The Morgan fingerprint density at radius 2 is 1.57 bits per heavy atom. The van der Waals surface area contributed by atoms with Crippen LogP contribution >= 0.6 is 0 Å². The molecule has 4 rings (SSSR count). The maximum Gasteiger partial charge on any atom is 0.326 e. The minimum Gasteiger partial charge on any atom is -0.480 e. The van der Waals surface area contributed by atoms with Gasteiger partial charge in [0.25, 0.3) is 0 Å². The Labute approximate surface area is 242 Å². The second kappa shape index (κ2) is 14.3. The van der Waals surface area contributed by atoms with E-state index in [4.69, 9.17) is 5.73 Å². The molecule has 4 atom stereocenters. The topological polar surface area (TPSA) is 196 Å². The maximum atomic E-state index is 13.5. The van der Waals surface area contributed by atoms with Crippen LogP contribution in [0.1, 0.15) is 36.8 Å². The van der Waals surface area contributed by atoms with E-state index in [1.807, 2.05) is 30.3 Å². The molecule has 0 radical (unpaired) electrons. The fourth-order valence-electron chi connectivity index (χ4n) is 5.06. The molecular weight excluding hydrogens is 540 g/mol. The van der Waals surface area contributed by atoms with E-state index in [2.05, 4.69) is 26.3 Å². The number of primary amides is 1. The van der Waals surface area contributed by atoms with Gasteiger partial charge in [0.05, 0.1) is 6.04 Å². The minimum atomic E-state index is -1.27. The van der Waals surface area contributed by atoms with Gasteiger partial charge < -0.3 is 37.1 Å². The van der Waals surface area contributed by atoms with Crippen LogP contribution in [0, 0.1) is 0 Å². The molecule has 0 bridgehead atoms. The molecule has 12 heteroatoms. The predicted octanol–water partition coefficient (Wildman–Crippen LogP) is 0.510. The van der Waals surface area contributed by atoms with Crippen LogP contribution in [-0.2, 0) is 36.8 Å². The number of carboxylic acid groups (broad SMARTS) is 1. The highest BCUT2D eigenvalue weighted by atomic mass is 16.4. The number of rotatable bonds is 14. The van der Waals surface area contributed by atoms with Crippen molar-refractivity contribution in [2.45, 2.75) is 62.7 Å². The fraction of sp³-hybridized carbons (Fsp3) is 0.367. The molecule has 8 N–H and O–H groups in total. The van der Waals surface area contributed by atoms with Gasteiger partial charge in [-0.3, -0.25) is 19.2 Å². The summed E-state index contributed by atoms with van der Waals surface area (Å²) in [4.78, 5) is 66.5. The summed E-state index contributed by atoms with van der Waals surface area (Å²) in [6.45, 7) is 0.679. The van der Waals surface area contributed by atoms with Gasteiger partial charge in [-0.2, -0.15) is 0 Å². The second-order valence-electron chi connectivity index (χ2n) is 10.4. The molecule has 42 heavy (non-hydrogen) atoms. The van der Waals surface area contributed by atoms with E-state index < -0.39 is 47.9 Å². The lowest BCUT2D eigenvalue weighted by Gasteiger charge is -2.25. The predicted molar refractivity (Wildman–Crippen MR) is 155 cm³/mol. The number of H-pyrrole nitrogens is 1. The number of fused-ring (bicyclic) bond motifs is 1. The van der Waals surface area contributed by atoms with Gasteiger partial charge in [-0.15, -0.1) is 0 Å². The van der Waals surface area contributed by atoms with Crippen LogP contribution < -0.4 is 27.0 Å². The lowest BCUT2D eigenvalue weighted by atomic mass is 10.0. The molecule has 1 saturated heterocycles. The van der Waals surface area contributed by atoms with Gasteiger partial charge in [-0.05, 0) is 43.0 Å². The number of aliphatic carboxylic acids is 1. The standard InChI is InChI=1S/C30H36N6O6/c31-26(37)13-12-23(34-27(38)22-11-6-14-32-22)28(39)35-24(15-18-7-2-1-3-8-18)29(40)36-25(30(41)42)16-19-17-33-21-10-5-4-9-20(19)21/h1-5,7-10,17,22-25,32-33H,6,11-16H2,(H2,31,37)(H,34,38)(H,35,39)(H,36,40)(H,41,42). The van der Waals surface area contributed by atoms with Crippen molar-refractivity contribution in [1.82, 2.24) is 26.3 Å². The zero-order valence-corrected chi connectivity index (χ0v) is 23.1. The van der Waals surface area contributed by atoms with Crippen molar-refractivity contribution >= 4 is 40.5 Å². The highest BCUT2D eigenvalue weighted by molar-refractivity contribution is 5.95. The third-order valence-corrected chi connectivity index (χ3v) is 7.32. The van der Waals surface area contributed by atoms with E-state index in [0.717, 1.165) is 28.5 Å². The quantitative estimate of drug-likeness (QED) is 0.145. The van der Waals surface area contributed by atoms with Crippen molar-refractivity contribution in [3.63, 3.8) is 0 Å².